The summed E-state index contributed by atoms with van der Waals surface area (Å²) in [5, 5.41) is 12.1. The summed E-state index contributed by atoms with van der Waals surface area (Å²) in [7, 11) is 0. The average Bonchev–Trinajstić information content (AvgIpc) is 2.90. The molecule has 0 unspecified atom stereocenters. The van der Waals surface area contributed by atoms with E-state index in [1.807, 2.05) is 13.0 Å². The Kier molecular flexibility index (Phi) is 4.07. The SMILES string of the molecule is Cc1ccc2oc(C(=O)NC3(CC(=O)O)CCCCC3)cc2n1. The number of hydrogen-bond acceptors (Lipinski definition) is 4. The highest BCUT2D eigenvalue weighted by atomic mass is 16.4. The third kappa shape index (κ3) is 3.36. The molecule has 0 bridgehead atoms. The summed E-state index contributed by atoms with van der Waals surface area (Å²) in [6, 6.07) is 5.21. The van der Waals surface area contributed by atoms with Crippen LogP contribution in [0.5, 0.6) is 0 Å². The number of aryl methyl sites for hydroxylation is 1. The number of fused-ring (bicyclic) bond motifs is 1. The van der Waals surface area contributed by atoms with E-state index in [9.17, 15) is 14.7 Å². The molecule has 0 atom stereocenters. The molecule has 0 spiro atoms. The number of rotatable bonds is 4. The Morgan fingerprint density at radius 2 is 2.04 bits per heavy atom. The molecule has 2 heterocycles. The van der Waals surface area contributed by atoms with E-state index >= 15 is 0 Å². The van der Waals surface area contributed by atoms with E-state index in [1.54, 1.807) is 12.1 Å². The smallest absolute Gasteiger partial charge is 0.305 e. The first-order chi connectivity index (χ1) is 11.0. The van der Waals surface area contributed by atoms with Crippen molar-refractivity contribution in [1.82, 2.24) is 10.3 Å². The van der Waals surface area contributed by atoms with Gasteiger partial charge in [-0.1, -0.05) is 19.3 Å². The van der Waals surface area contributed by atoms with Gasteiger partial charge in [0.05, 0.1) is 12.0 Å². The highest BCUT2D eigenvalue weighted by molar-refractivity contribution is 5.96. The van der Waals surface area contributed by atoms with E-state index < -0.39 is 11.5 Å². The van der Waals surface area contributed by atoms with Crippen LogP contribution in [0, 0.1) is 6.92 Å². The molecule has 2 aromatic heterocycles. The van der Waals surface area contributed by atoms with Gasteiger partial charge in [-0.15, -0.1) is 0 Å². The van der Waals surface area contributed by atoms with E-state index in [0.29, 0.717) is 23.9 Å². The molecule has 0 saturated heterocycles. The zero-order valence-corrected chi connectivity index (χ0v) is 13.1. The van der Waals surface area contributed by atoms with Crippen LogP contribution in [0.2, 0.25) is 0 Å². The third-order valence-electron chi connectivity index (χ3n) is 4.42. The highest BCUT2D eigenvalue weighted by Crippen LogP contribution is 2.31. The standard InChI is InChI=1S/C17H20N2O4/c1-11-5-6-13-12(18-11)9-14(23-13)16(22)19-17(10-15(20)21)7-3-2-4-8-17/h5-6,9H,2-4,7-8,10H2,1H3,(H,19,22)(H,20,21). The normalized spacial score (nSPS) is 17.1. The van der Waals surface area contributed by atoms with Crippen LogP contribution in [0.3, 0.4) is 0 Å². The summed E-state index contributed by atoms with van der Waals surface area (Å²) in [5.74, 6) is -1.09. The fourth-order valence-corrected chi connectivity index (χ4v) is 3.30. The number of carbonyl (C=O) groups excluding carboxylic acids is 1. The molecule has 3 rings (SSSR count). The molecule has 0 radical (unpaired) electrons. The van der Waals surface area contributed by atoms with Gasteiger partial charge in [0.25, 0.3) is 5.91 Å². The van der Waals surface area contributed by atoms with Crippen LogP contribution in [-0.4, -0.2) is 27.5 Å². The van der Waals surface area contributed by atoms with E-state index in [0.717, 1.165) is 25.0 Å². The fraction of sp³-hybridized carbons (Fsp3) is 0.471. The Morgan fingerprint density at radius 1 is 1.30 bits per heavy atom. The number of hydrogen-bond donors (Lipinski definition) is 2. The monoisotopic (exact) mass is 316 g/mol. The van der Waals surface area contributed by atoms with Crippen molar-refractivity contribution in [2.75, 3.05) is 0 Å². The predicted octanol–water partition coefficient (Wildman–Crippen LogP) is 3.04. The van der Waals surface area contributed by atoms with Gasteiger partial charge in [0, 0.05) is 11.8 Å². The number of nitrogens with one attached hydrogen (secondary N) is 1. The number of aliphatic carboxylic acids is 1. The molecule has 1 aliphatic rings. The second-order valence-corrected chi connectivity index (χ2v) is 6.31. The Balaban J connectivity index is 1.83. The molecule has 2 aromatic rings. The molecule has 6 nitrogen and oxygen atoms in total. The molecule has 2 N–H and O–H groups in total. The van der Waals surface area contributed by atoms with E-state index in [-0.39, 0.29) is 18.1 Å². The number of pyridine rings is 1. The van der Waals surface area contributed by atoms with Crippen molar-refractivity contribution >= 4 is 23.0 Å². The molecule has 23 heavy (non-hydrogen) atoms. The molecule has 6 heteroatoms. The minimum atomic E-state index is -0.894. The third-order valence-corrected chi connectivity index (χ3v) is 4.42. The Labute approximate surface area is 133 Å². The first-order valence-electron chi connectivity index (χ1n) is 7.89. The second-order valence-electron chi connectivity index (χ2n) is 6.31. The summed E-state index contributed by atoms with van der Waals surface area (Å²) >= 11 is 0. The number of carbonyl (C=O) groups is 2. The first-order valence-corrected chi connectivity index (χ1v) is 7.89. The van der Waals surface area contributed by atoms with Crippen molar-refractivity contribution in [2.45, 2.75) is 51.0 Å². The molecular formula is C17H20N2O4. The van der Waals surface area contributed by atoms with Gasteiger partial charge in [0.2, 0.25) is 0 Å². The van der Waals surface area contributed by atoms with Crippen LogP contribution in [0.1, 0.15) is 54.8 Å². The lowest BCUT2D eigenvalue weighted by molar-refractivity contribution is -0.139. The first kappa shape index (κ1) is 15.5. The van der Waals surface area contributed by atoms with Crippen molar-refractivity contribution in [1.29, 1.82) is 0 Å². The van der Waals surface area contributed by atoms with Gasteiger partial charge in [-0.3, -0.25) is 9.59 Å². The van der Waals surface area contributed by atoms with Crippen LogP contribution in [-0.2, 0) is 4.79 Å². The van der Waals surface area contributed by atoms with Crippen LogP contribution in [0.15, 0.2) is 22.6 Å². The molecule has 1 fully saturated rings. The minimum Gasteiger partial charge on any atom is -0.481 e. The van der Waals surface area contributed by atoms with Gasteiger partial charge >= 0.3 is 5.97 Å². The number of nitrogens with zero attached hydrogens (tertiary/aromatic N) is 1. The second kappa shape index (κ2) is 6.02. The molecule has 1 amide bonds. The summed E-state index contributed by atoms with van der Waals surface area (Å²) in [5.41, 5.74) is 1.35. The molecule has 0 aromatic carbocycles. The number of furan rings is 1. The van der Waals surface area contributed by atoms with Gasteiger partial charge in [0.15, 0.2) is 11.3 Å². The van der Waals surface area contributed by atoms with Crippen molar-refractivity contribution in [3.8, 4) is 0 Å². The van der Waals surface area contributed by atoms with Crippen molar-refractivity contribution in [3.63, 3.8) is 0 Å². The number of carboxylic acids is 1. The molecule has 122 valence electrons. The summed E-state index contributed by atoms with van der Waals surface area (Å²) in [6.07, 6.45) is 4.23. The molecule has 1 aliphatic carbocycles. The largest absolute Gasteiger partial charge is 0.481 e. The number of amides is 1. The Bertz CT molecular complexity index is 744. The summed E-state index contributed by atoms with van der Waals surface area (Å²) in [6.45, 7) is 1.87. The van der Waals surface area contributed by atoms with Crippen molar-refractivity contribution < 1.29 is 19.1 Å². The van der Waals surface area contributed by atoms with E-state index in [2.05, 4.69) is 10.3 Å². The predicted molar refractivity (Wildman–Crippen MR) is 84.3 cm³/mol. The maximum atomic E-state index is 12.5. The molecular weight excluding hydrogens is 296 g/mol. The number of aromatic nitrogens is 1. The van der Waals surface area contributed by atoms with Gasteiger partial charge in [-0.25, -0.2) is 4.98 Å². The zero-order valence-electron chi connectivity index (χ0n) is 13.1. The van der Waals surface area contributed by atoms with E-state index in [1.165, 1.54) is 0 Å². The minimum absolute atomic E-state index is 0.0592. The lowest BCUT2D eigenvalue weighted by Gasteiger charge is -2.36. The van der Waals surface area contributed by atoms with Gasteiger partial charge in [-0.05, 0) is 31.9 Å². The quantitative estimate of drug-likeness (QED) is 0.904. The lowest BCUT2D eigenvalue weighted by atomic mass is 9.79. The van der Waals surface area contributed by atoms with Gasteiger partial charge < -0.3 is 14.8 Å². The Morgan fingerprint density at radius 3 is 2.74 bits per heavy atom. The topological polar surface area (TPSA) is 92.4 Å². The average molecular weight is 316 g/mol. The maximum absolute atomic E-state index is 12.5. The molecule has 1 saturated carbocycles. The van der Waals surface area contributed by atoms with Gasteiger partial charge in [0.1, 0.15) is 5.52 Å². The van der Waals surface area contributed by atoms with Crippen molar-refractivity contribution in [3.05, 3.63) is 29.7 Å². The van der Waals surface area contributed by atoms with Crippen LogP contribution >= 0.6 is 0 Å². The summed E-state index contributed by atoms with van der Waals surface area (Å²) in [4.78, 5) is 28.0. The number of carboxylic acid groups (broad SMARTS) is 1. The van der Waals surface area contributed by atoms with Crippen LogP contribution in [0.25, 0.3) is 11.1 Å². The lowest BCUT2D eigenvalue weighted by Crippen LogP contribution is -2.51. The van der Waals surface area contributed by atoms with Crippen LogP contribution < -0.4 is 5.32 Å². The maximum Gasteiger partial charge on any atom is 0.305 e. The van der Waals surface area contributed by atoms with Gasteiger partial charge in [-0.2, -0.15) is 0 Å². The highest BCUT2D eigenvalue weighted by Gasteiger charge is 2.36. The zero-order chi connectivity index (χ0) is 16.4. The van der Waals surface area contributed by atoms with Crippen LogP contribution in [0.4, 0.5) is 0 Å². The van der Waals surface area contributed by atoms with Crippen molar-refractivity contribution in [2.24, 2.45) is 0 Å². The molecule has 0 aliphatic heterocycles. The Hall–Kier alpha value is -2.37. The fourth-order valence-electron chi connectivity index (χ4n) is 3.30. The summed E-state index contributed by atoms with van der Waals surface area (Å²) < 4.78 is 5.55. The van der Waals surface area contributed by atoms with E-state index in [4.69, 9.17) is 4.42 Å².